The average molecular weight is 354 g/mol. The Bertz CT molecular complexity index is 600. The third-order valence-electron chi connectivity index (χ3n) is 3.76. The second-order valence-corrected chi connectivity index (χ2v) is 6.61. The van der Waals surface area contributed by atoms with Crippen molar-refractivity contribution < 1.29 is 13.2 Å². The van der Waals surface area contributed by atoms with Crippen molar-refractivity contribution in [2.24, 2.45) is 5.92 Å². The molecule has 0 aliphatic heterocycles. The zero-order chi connectivity index (χ0) is 17.4. The Balaban J connectivity index is 1.94. The van der Waals surface area contributed by atoms with Gasteiger partial charge in [0.2, 0.25) is 0 Å². The molecule has 1 aromatic heterocycles. The van der Waals surface area contributed by atoms with E-state index in [1.54, 1.807) is 18.0 Å². The third kappa shape index (κ3) is 6.07. The normalized spacial score (nSPS) is 12.8. The van der Waals surface area contributed by atoms with Crippen LogP contribution >= 0.6 is 11.8 Å². The summed E-state index contributed by atoms with van der Waals surface area (Å²) in [4.78, 5) is 4.36. The Morgan fingerprint density at radius 1 is 1.12 bits per heavy atom. The van der Waals surface area contributed by atoms with Crippen LogP contribution < -0.4 is 5.32 Å². The van der Waals surface area contributed by atoms with Crippen LogP contribution in [-0.4, -0.2) is 23.5 Å². The molecule has 2 nitrogen and oxygen atoms in total. The van der Waals surface area contributed by atoms with Crippen molar-refractivity contribution in [2.75, 3.05) is 23.9 Å². The maximum atomic E-state index is 12.6. The van der Waals surface area contributed by atoms with Crippen LogP contribution in [0.15, 0.2) is 48.7 Å². The van der Waals surface area contributed by atoms with Gasteiger partial charge in [0.1, 0.15) is 0 Å². The molecular formula is C18H21F3N2S. The van der Waals surface area contributed by atoms with Gasteiger partial charge in [-0.15, -0.1) is 0 Å². The van der Waals surface area contributed by atoms with E-state index in [1.165, 1.54) is 12.1 Å². The number of hydrogen-bond donors (Lipinski definition) is 1. The largest absolute Gasteiger partial charge is 0.416 e. The fourth-order valence-corrected chi connectivity index (χ4v) is 2.98. The molecule has 0 saturated heterocycles. The standard InChI is InChI=1S/C18H21F3N2S/c1-24-11-9-14(12-17-4-2-3-10-22-17)13-23-16-7-5-15(6-8-16)18(19,20)21/h2-8,10,14,23H,9,11-13H2,1H3/t14-/m1/s1. The number of pyridine rings is 1. The van der Waals surface area contributed by atoms with Crippen LogP contribution in [0.4, 0.5) is 18.9 Å². The lowest BCUT2D eigenvalue weighted by Crippen LogP contribution is -2.18. The number of rotatable bonds is 8. The first-order valence-electron chi connectivity index (χ1n) is 7.79. The van der Waals surface area contributed by atoms with Crippen LogP contribution in [0.25, 0.3) is 0 Å². The van der Waals surface area contributed by atoms with Gasteiger partial charge < -0.3 is 5.32 Å². The van der Waals surface area contributed by atoms with Gasteiger partial charge in [0, 0.05) is 24.1 Å². The number of anilines is 1. The number of nitrogens with zero attached hydrogens (tertiary/aromatic N) is 1. The van der Waals surface area contributed by atoms with E-state index in [2.05, 4.69) is 16.6 Å². The molecule has 24 heavy (non-hydrogen) atoms. The molecule has 2 aromatic rings. The van der Waals surface area contributed by atoms with Crippen LogP contribution in [-0.2, 0) is 12.6 Å². The summed E-state index contributed by atoms with van der Waals surface area (Å²) in [5.74, 6) is 1.43. The molecule has 1 N–H and O–H groups in total. The van der Waals surface area contributed by atoms with Crippen molar-refractivity contribution in [1.29, 1.82) is 0 Å². The lowest BCUT2D eigenvalue weighted by Gasteiger charge is -2.18. The smallest absolute Gasteiger partial charge is 0.385 e. The van der Waals surface area contributed by atoms with Crippen LogP contribution in [0.3, 0.4) is 0 Å². The molecule has 0 unspecified atom stereocenters. The van der Waals surface area contributed by atoms with Gasteiger partial charge in [0.25, 0.3) is 0 Å². The molecule has 0 aliphatic rings. The summed E-state index contributed by atoms with van der Waals surface area (Å²) in [6, 6.07) is 11.0. The summed E-state index contributed by atoms with van der Waals surface area (Å²) in [5, 5.41) is 3.25. The summed E-state index contributed by atoms with van der Waals surface area (Å²) in [6.07, 6.45) is 1.45. The van der Waals surface area contributed by atoms with E-state index in [4.69, 9.17) is 0 Å². The van der Waals surface area contributed by atoms with E-state index in [0.29, 0.717) is 18.2 Å². The molecule has 0 aliphatic carbocycles. The Morgan fingerprint density at radius 2 is 1.88 bits per heavy atom. The molecule has 1 heterocycles. The zero-order valence-corrected chi connectivity index (χ0v) is 14.3. The van der Waals surface area contributed by atoms with Crippen molar-refractivity contribution in [2.45, 2.75) is 19.0 Å². The Kier molecular flexibility index (Phi) is 6.97. The molecule has 0 spiro atoms. The van der Waals surface area contributed by atoms with Crippen molar-refractivity contribution >= 4 is 17.4 Å². The minimum Gasteiger partial charge on any atom is -0.385 e. The highest BCUT2D eigenvalue weighted by molar-refractivity contribution is 7.98. The number of halogens is 3. The monoisotopic (exact) mass is 354 g/mol. The SMILES string of the molecule is CSCC[C@@H](CNc1ccc(C(F)(F)F)cc1)Cc1ccccn1. The van der Waals surface area contributed by atoms with Crippen LogP contribution in [0, 0.1) is 5.92 Å². The number of aromatic nitrogens is 1. The summed E-state index contributed by atoms with van der Waals surface area (Å²) >= 11 is 1.79. The predicted octanol–water partition coefficient (Wildman–Crippen LogP) is 5.12. The second kappa shape index (κ2) is 8.97. The first kappa shape index (κ1) is 18.6. The van der Waals surface area contributed by atoms with E-state index in [-0.39, 0.29) is 0 Å². The lowest BCUT2D eigenvalue weighted by atomic mass is 9.99. The van der Waals surface area contributed by atoms with E-state index in [9.17, 15) is 13.2 Å². The number of thioether (sulfide) groups is 1. The van der Waals surface area contributed by atoms with Crippen LogP contribution in [0.2, 0.25) is 0 Å². The molecule has 130 valence electrons. The summed E-state index contributed by atoms with van der Waals surface area (Å²) in [7, 11) is 0. The molecule has 0 amide bonds. The molecule has 1 aromatic carbocycles. The highest BCUT2D eigenvalue weighted by atomic mass is 32.2. The average Bonchev–Trinajstić information content (AvgIpc) is 2.58. The van der Waals surface area contributed by atoms with Gasteiger partial charge in [-0.3, -0.25) is 4.98 Å². The highest BCUT2D eigenvalue weighted by Gasteiger charge is 2.29. The van der Waals surface area contributed by atoms with Gasteiger partial charge in [-0.2, -0.15) is 24.9 Å². The maximum absolute atomic E-state index is 12.6. The van der Waals surface area contributed by atoms with Crippen molar-refractivity contribution in [1.82, 2.24) is 4.98 Å². The molecule has 6 heteroatoms. The van der Waals surface area contributed by atoms with Crippen LogP contribution in [0.1, 0.15) is 17.7 Å². The summed E-state index contributed by atoms with van der Waals surface area (Å²) in [5.41, 5.74) is 1.12. The van der Waals surface area contributed by atoms with Crippen molar-refractivity contribution in [3.8, 4) is 0 Å². The fraction of sp³-hybridized carbons (Fsp3) is 0.389. The Labute approximate surface area is 144 Å². The molecule has 0 saturated carbocycles. The summed E-state index contributed by atoms with van der Waals surface area (Å²) in [6.45, 7) is 0.711. The minimum atomic E-state index is -4.29. The highest BCUT2D eigenvalue weighted by Crippen LogP contribution is 2.29. The third-order valence-corrected chi connectivity index (χ3v) is 4.41. The number of hydrogen-bond acceptors (Lipinski definition) is 3. The van der Waals surface area contributed by atoms with Crippen molar-refractivity contribution in [3.63, 3.8) is 0 Å². The fourth-order valence-electron chi connectivity index (χ4n) is 2.41. The first-order valence-corrected chi connectivity index (χ1v) is 9.18. The molecular weight excluding hydrogens is 333 g/mol. The zero-order valence-electron chi connectivity index (χ0n) is 13.5. The van der Waals surface area contributed by atoms with E-state index in [0.717, 1.165) is 36.4 Å². The molecule has 2 rings (SSSR count). The van der Waals surface area contributed by atoms with Gasteiger partial charge in [-0.05, 0) is 67.2 Å². The van der Waals surface area contributed by atoms with Crippen LogP contribution in [0.5, 0.6) is 0 Å². The van der Waals surface area contributed by atoms with E-state index >= 15 is 0 Å². The molecule has 0 radical (unpaired) electrons. The van der Waals surface area contributed by atoms with Gasteiger partial charge >= 0.3 is 6.18 Å². The summed E-state index contributed by atoms with van der Waals surface area (Å²) < 4.78 is 37.8. The Hall–Kier alpha value is -1.69. The number of benzene rings is 1. The van der Waals surface area contributed by atoms with Gasteiger partial charge in [0.05, 0.1) is 5.56 Å². The van der Waals surface area contributed by atoms with Gasteiger partial charge in [0.15, 0.2) is 0 Å². The number of alkyl halides is 3. The lowest BCUT2D eigenvalue weighted by molar-refractivity contribution is -0.137. The minimum absolute atomic E-state index is 0.384. The quantitative estimate of drug-likeness (QED) is 0.712. The van der Waals surface area contributed by atoms with Gasteiger partial charge in [-0.25, -0.2) is 0 Å². The number of nitrogens with one attached hydrogen (secondary N) is 1. The van der Waals surface area contributed by atoms with E-state index < -0.39 is 11.7 Å². The molecule has 0 bridgehead atoms. The molecule has 1 atom stereocenters. The molecule has 0 fully saturated rings. The first-order chi connectivity index (χ1) is 11.5. The predicted molar refractivity (Wildman–Crippen MR) is 94.4 cm³/mol. The van der Waals surface area contributed by atoms with Gasteiger partial charge in [-0.1, -0.05) is 6.07 Å². The van der Waals surface area contributed by atoms with E-state index in [1.807, 2.05) is 18.2 Å². The Morgan fingerprint density at radius 3 is 2.46 bits per heavy atom. The maximum Gasteiger partial charge on any atom is 0.416 e. The topological polar surface area (TPSA) is 24.9 Å². The van der Waals surface area contributed by atoms with Crippen molar-refractivity contribution in [3.05, 3.63) is 59.9 Å². The second-order valence-electron chi connectivity index (χ2n) is 5.63.